The Bertz CT molecular complexity index is 443. The minimum Gasteiger partial charge on any atom is -0.496 e. The van der Waals surface area contributed by atoms with Gasteiger partial charge in [-0.2, -0.15) is 0 Å². The molecular formula is C15H23NO3. The summed E-state index contributed by atoms with van der Waals surface area (Å²) < 4.78 is 9.94. The number of methoxy groups -OCH3 is 2. The Morgan fingerprint density at radius 1 is 1.21 bits per heavy atom. The van der Waals surface area contributed by atoms with Crippen LogP contribution in [-0.2, 0) is 9.53 Å². The van der Waals surface area contributed by atoms with Gasteiger partial charge in [-0.25, -0.2) is 0 Å². The van der Waals surface area contributed by atoms with Crippen LogP contribution in [0.1, 0.15) is 24.0 Å². The molecule has 0 aromatic heterocycles. The van der Waals surface area contributed by atoms with E-state index in [4.69, 9.17) is 4.74 Å². The van der Waals surface area contributed by atoms with E-state index in [0.29, 0.717) is 6.42 Å². The molecule has 0 amide bonds. The highest BCUT2D eigenvalue weighted by molar-refractivity contribution is 5.69. The number of hydrogen-bond donors (Lipinski definition) is 0. The first kappa shape index (κ1) is 15.3. The van der Waals surface area contributed by atoms with Crippen LogP contribution in [0.25, 0.3) is 0 Å². The minimum atomic E-state index is -0.156. The number of ether oxygens (including phenoxy) is 2. The fourth-order valence-electron chi connectivity index (χ4n) is 2.09. The summed E-state index contributed by atoms with van der Waals surface area (Å²) in [6.45, 7) is 4.92. The van der Waals surface area contributed by atoms with Gasteiger partial charge in [-0.15, -0.1) is 0 Å². The first-order valence-corrected chi connectivity index (χ1v) is 6.42. The zero-order valence-electron chi connectivity index (χ0n) is 12.4. The van der Waals surface area contributed by atoms with Gasteiger partial charge >= 0.3 is 5.97 Å². The molecule has 0 saturated heterocycles. The Kier molecular flexibility index (Phi) is 5.67. The number of hydrogen-bond acceptors (Lipinski definition) is 4. The summed E-state index contributed by atoms with van der Waals surface area (Å²) in [4.78, 5) is 13.2. The number of nitrogens with zero attached hydrogens (tertiary/aromatic N) is 1. The van der Waals surface area contributed by atoms with Crippen molar-refractivity contribution in [3.63, 3.8) is 0 Å². The van der Waals surface area contributed by atoms with Gasteiger partial charge in [-0.1, -0.05) is 0 Å². The third kappa shape index (κ3) is 4.16. The molecule has 0 radical (unpaired) electrons. The van der Waals surface area contributed by atoms with Gasteiger partial charge in [0.1, 0.15) is 5.75 Å². The van der Waals surface area contributed by atoms with Gasteiger partial charge in [0.05, 0.1) is 14.2 Å². The van der Waals surface area contributed by atoms with Crippen LogP contribution >= 0.6 is 0 Å². The second kappa shape index (κ2) is 7.02. The molecule has 4 heteroatoms. The van der Waals surface area contributed by atoms with Gasteiger partial charge in [0.25, 0.3) is 0 Å². The van der Waals surface area contributed by atoms with Crippen molar-refractivity contribution in [2.24, 2.45) is 0 Å². The molecule has 106 valence electrons. The van der Waals surface area contributed by atoms with Crippen molar-refractivity contribution in [3.05, 3.63) is 23.3 Å². The molecule has 0 spiro atoms. The standard InChI is InChI=1S/C15H23NO3/c1-11-10-14(18-4)12(2)9-13(11)16(3)8-6-7-15(17)19-5/h9-10H,6-8H2,1-5H3. The Morgan fingerprint density at radius 3 is 2.47 bits per heavy atom. The molecule has 0 aliphatic heterocycles. The van der Waals surface area contributed by atoms with E-state index in [2.05, 4.69) is 22.6 Å². The molecule has 0 fully saturated rings. The van der Waals surface area contributed by atoms with Gasteiger partial charge in [-0.3, -0.25) is 4.79 Å². The molecule has 0 N–H and O–H groups in total. The highest BCUT2D eigenvalue weighted by Gasteiger charge is 2.09. The van der Waals surface area contributed by atoms with E-state index < -0.39 is 0 Å². The average Bonchev–Trinajstić information content (AvgIpc) is 2.40. The first-order chi connectivity index (χ1) is 8.99. The van der Waals surface area contributed by atoms with E-state index in [9.17, 15) is 4.79 Å². The zero-order valence-corrected chi connectivity index (χ0v) is 12.4. The van der Waals surface area contributed by atoms with Crippen LogP contribution in [0, 0.1) is 13.8 Å². The maximum atomic E-state index is 11.1. The van der Waals surface area contributed by atoms with Gasteiger partial charge < -0.3 is 14.4 Å². The average molecular weight is 265 g/mol. The number of benzene rings is 1. The third-order valence-corrected chi connectivity index (χ3v) is 3.23. The van der Waals surface area contributed by atoms with Crippen LogP contribution in [-0.4, -0.2) is 33.8 Å². The summed E-state index contributed by atoms with van der Waals surface area (Å²) in [6, 6.07) is 4.16. The van der Waals surface area contributed by atoms with E-state index in [1.807, 2.05) is 20.0 Å². The summed E-state index contributed by atoms with van der Waals surface area (Å²) in [5.41, 5.74) is 3.45. The summed E-state index contributed by atoms with van der Waals surface area (Å²) in [5.74, 6) is 0.750. The lowest BCUT2D eigenvalue weighted by atomic mass is 10.1. The van der Waals surface area contributed by atoms with Crippen molar-refractivity contribution >= 4 is 11.7 Å². The van der Waals surface area contributed by atoms with E-state index in [-0.39, 0.29) is 5.97 Å². The molecule has 0 unspecified atom stereocenters. The Hall–Kier alpha value is -1.71. The van der Waals surface area contributed by atoms with Crippen LogP contribution in [0.3, 0.4) is 0 Å². The molecular weight excluding hydrogens is 242 g/mol. The highest BCUT2D eigenvalue weighted by atomic mass is 16.5. The van der Waals surface area contributed by atoms with Gasteiger partial charge in [-0.05, 0) is 43.5 Å². The topological polar surface area (TPSA) is 38.8 Å². The largest absolute Gasteiger partial charge is 0.496 e. The lowest BCUT2D eigenvalue weighted by molar-refractivity contribution is -0.140. The number of esters is 1. The Morgan fingerprint density at radius 2 is 1.89 bits per heavy atom. The van der Waals surface area contributed by atoms with Gasteiger partial charge in [0, 0.05) is 25.7 Å². The monoisotopic (exact) mass is 265 g/mol. The second-order valence-corrected chi connectivity index (χ2v) is 4.71. The highest BCUT2D eigenvalue weighted by Crippen LogP contribution is 2.28. The van der Waals surface area contributed by atoms with E-state index in [0.717, 1.165) is 24.3 Å². The lowest BCUT2D eigenvalue weighted by Crippen LogP contribution is -2.20. The van der Waals surface area contributed by atoms with Crippen molar-refractivity contribution in [1.29, 1.82) is 0 Å². The summed E-state index contributed by atoms with van der Waals surface area (Å²) in [7, 11) is 5.13. The van der Waals surface area contributed by atoms with E-state index in [1.165, 1.54) is 18.4 Å². The lowest BCUT2D eigenvalue weighted by Gasteiger charge is -2.22. The predicted molar refractivity (Wildman–Crippen MR) is 77.0 cm³/mol. The molecule has 1 aromatic carbocycles. The van der Waals surface area contributed by atoms with Crippen LogP contribution in [0.5, 0.6) is 5.75 Å². The number of rotatable bonds is 6. The van der Waals surface area contributed by atoms with Crippen LogP contribution in [0.4, 0.5) is 5.69 Å². The van der Waals surface area contributed by atoms with Crippen molar-refractivity contribution in [2.75, 3.05) is 32.7 Å². The minimum absolute atomic E-state index is 0.156. The van der Waals surface area contributed by atoms with E-state index >= 15 is 0 Å². The molecule has 4 nitrogen and oxygen atoms in total. The predicted octanol–water partition coefficient (Wildman–Crippen LogP) is 2.70. The van der Waals surface area contributed by atoms with Crippen LogP contribution < -0.4 is 9.64 Å². The van der Waals surface area contributed by atoms with Crippen molar-refractivity contribution < 1.29 is 14.3 Å². The zero-order chi connectivity index (χ0) is 14.4. The quantitative estimate of drug-likeness (QED) is 0.741. The molecule has 0 aliphatic rings. The molecule has 19 heavy (non-hydrogen) atoms. The second-order valence-electron chi connectivity index (χ2n) is 4.71. The van der Waals surface area contributed by atoms with Crippen molar-refractivity contribution in [2.45, 2.75) is 26.7 Å². The molecule has 0 atom stereocenters. The fraction of sp³-hybridized carbons (Fsp3) is 0.533. The maximum absolute atomic E-state index is 11.1. The molecule has 0 saturated carbocycles. The van der Waals surface area contributed by atoms with Crippen molar-refractivity contribution in [3.8, 4) is 5.75 Å². The first-order valence-electron chi connectivity index (χ1n) is 6.42. The number of anilines is 1. The SMILES string of the molecule is COC(=O)CCCN(C)c1cc(C)c(OC)cc1C. The molecule has 0 heterocycles. The van der Waals surface area contributed by atoms with Crippen molar-refractivity contribution in [1.82, 2.24) is 0 Å². The summed E-state index contributed by atoms with van der Waals surface area (Å²) >= 11 is 0. The van der Waals surface area contributed by atoms with Crippen LogP contribution in [0.2, 0.25) is 0 Å². The smallest absolute Gasteiger partial charge is 0.305 e. The van der Waals surface area contributed by atoms with E-state index in [1.54, 1.807) is 7.11 Å². The summed E-state index contributed by atoms with van der Waals surface area (Å²) in [6.07, 6.45) is 1.24. The molecule has 0 aliphatic carbocycles. The Balaban J connectivity index is 2.69. The van der Waals surface area contributed by atoms with Crippen LogP contribution in [0.15, 0.2) is 12.1 Å². The number of carbonyl (C=O) groups is 1. The normalized spacial score (nSPS) is 10.2. The fourth-order valence-corrected chi connectivity index (χ4v) is 2.09. The third-order valence-electron chi connectivity index (χ3n) is 3.23. The Labute approximate surface area is 115 Å². The number of carbonyl (C=O) groups excluding carboxylic acids is 1. The maximum Gasteiger partial charge on any atom is 0.305 e. The van der Waals surface area contributed by atoms with Gasteiger partial charge in [0.15, 0.2) is 0 Å². The molecule has 1 aromatic rings. The number of aryl methyl sites for hydroxylation is 2. The molecule has 0 bridgehead atoms. The summed E-state index contributed by atoms with van der Waals surface area (Å²) in [5, 5.41) is 0. The van der Waals surface area contributed by atoms with Gasteiger partial charge in [0.2, 0.25) is 0 Å². The molecule has 1 rings (SSSR count).